The number of fused-ring (bicyclic) bond motifs is 1. The summed E-state index contributed by atoms with van der Waals surface area (Å²) in [5, 5.41) is 31.2. The Morgan fingerprint density at radius 3 is 2.58 bits per heavy atom. The van der Waals surface area contributed by atoms with E-state index in [4.69, 9.17) is 0 Å². The van der Waals surface area contributed by atoms with E-state index in [0.717, 1.165) is 12.8 Å². The van der Waals surface area contributed by atoms with Gasteiger partial charge >= 0.3 is 0 Å². The highest BCUT2D eigenvalue weighted by molar-refractivity contribution is 7.91. The van der Waals surface area contributed by atoms with Gasteiger partial charge in [-0.25, -0.2) is 13.1 Å². The average molecular weight is 382 g/mol. The molecule has 0 saturated heterocycles. The molecule has 0 radical (unpaired) electrons. The Hall–Kier alpha value is -1.85. The summed E-state index contributed by atoms with van der Waals surface area (Å²) in [7, 11) is -3.63. The van der Waals surface area contributed by atoms with Crippen LogP contribution in [-0.2, 0) is 9.84 Å². The molecule has 0 bridgehead atoms. The first-order valence-electron chi connectivity index (χ1n) is 8.89. The van der Waals surface area contributed by atoms with E-state index in [0.29, 0.717) is 30.6 Å². The molecule has 0 aromatic carbocycles. The number of nitrogens with zero attached hydrogens (tertiary/aromatic N) is 5. The molecule has 0 spiro atoms. The van der Waals surface area contributed by atoms with Gasteiger partial charge in [0.05, 0.1) is 17.9 Å². The molecule has 2 aliphatic carbocycles. The van der Waals surface area contributed by atoms with Crippen LogP contribution in [0.2, 0.25) is 0 Å². The molecule has 2 saturated carbocycles. The number of hydrogen-bond donors (Lipinski definition) is 3. The fraction of sp³-hybridized carbons (Fsp3) is 0.733. The third-order valence-corrected chi connectivity index (χ3v) is 6.52. The van der Waals surface area contributed by atoms with E-state index >= 15 is 0 Å². The second-order valence-electron chi connectivity index (χ2n) is 7.00. The molecule has 0 unspecified atom stereocenters. The number of rotatable bonds is 6. The monoisotopic (exact) mass is 382 g/mol. The fourth-order valence-corrected chi connectivity index (χ4v) is 4.44. The van der Waals surface area contributed by atoms with Crippen LogP contribution in [0.3, 0.4) is 0 Å². The minimum Gasteiger partial charge on any atom is -0.390 e. The standard InChI is InChI=1S/C15H22N6O4S/c1-2-7-26(24,25)15-17-13(16-8-3-4-8)11-14(18-15)21(20-19-11)9-5-6-10(22)12(9)23/h8-10,12,22-23H,2-7H2,1H3,(H,16,17,18)/t9-,10-,12+/m1/s1. The van der Waals surface area contributed by atoms with E-state index in [1.54, 1.807) is 6.92 Å². The lowest BCUT2D eigenvalue weighted by atomic mass is 10.2. The van der Waals surface area contributed by atoms with Crippen molar-refractivity contribution >= 4 is 26.8 Å². The molecule has 2 aromatic rings. The zero-order chi connectivity index (χ0) is 18.5. The molecule has 26 heavy (non-hydrogen) atoms. The third kappa shape index (κ3) is 3.03. The molecule has 0 aliphatic heterocycles. The summed E-state index contributed by atoms with van der Waals surface area (Å²) in [6, 6.07) is -0.251. The Kier molecular flexibility index (Phi) is 4.32. The van der Waals surface area contributed by atoms with Gasteiger partial charge in [-0.2, -0.15) is 9.97 Å². The molecule has 10 nitrogen and oxygen atoms in total. The van der Waals surface area contributed by atoms with Crippen molar-refractivity contribution < 1.29 is 18.6 Å². The van der Waals surface area contributed by atoms with Crippen molar-refractivity contribution in [2.75, 3.05) is 11.1 Å². The number of aliphatic hydroxyl groups is 2. The molecular weight excluding hydrogens is 360 g/mol. The fourth-order valence-electron chi connectivity index (χ4n) is 3.26. The summed E-state index contributed by atoms with van der Waals surface area (Å²) in [4.78, 5) is 8.43. The largest absolute Gasteiger partial charge is 0.390 e. The minimum atomic E-state index is -3.63. The molecule has 2 aliphatic rings. The van der Waals surface area contributed by atoms with Gasteiger partial charge in [-0.15, -0.1) is 5.10 Å². The summed E-state index contributed by atoms with van der Waals surface area (Å²) in [6.07, 6.45) is 1.55. The lowest BCUT2D eigenvalue weighted by Gasteiger charge is -2.16. The maximum Gasteiger partial charge on any atom is 0.251 e. The van der Waals surface area contributed by atoms with E-state index in [2.05, 4.69) is 25.6 Å². The van der Waals surface area contributed by atoms with Gasteiger partial charge in [0, 0.05) is 6.04 Å². The van der Waals surface area contributed by atoms with Crippen LogP contribution < -0.4 is 5.32 Å². The summed E-state index contributed by atoms with van der Waals surface area (Å²) < 4.78 is 26.4. The molecule has 142 valence electrons. The number of aromatic nitrogens is 5. The molecular formula is C15H22N6O4S. The highest BCUT2D eigenvalue weighted by Crippen LogP contribution is 2.34. The van der Waals surface area contributed by atoms with Gasteiger partial charge in [-0.1, -0.05) is 12.1 Å². The molecule has 3 atom stereocenters. The SMILES string of the molecule is CCCS(=O)(=O)c1nc(NC2CC2)c2nnn([C@@H]3CC[C@@H](O)[C@H]3O)c2n1. The first-order chi connectivity index (χ1) is 12.4. The van der Waals surface area contributed by atoms with Crippen LogP contribution >= 0.6 is 0 Å². The van der Waals surface area contributed by atoms with Crippen LogP contribution in [0.4, 0.5) is 5.82 Å². The Morgan fingerprint density at radius 1 is 1.19 bits per heavy atom. The van der Waals surface area contributed by atoms with E-state index in [-0.39, 0.29) is 22.6 Å². The lowest BCUT2D eigenvalue weighted by molar-refractivity contribution is 0.0215. The van der Waals surface area contributed by atoms with Crippen molar-refractivity contribution in [2.45, 2.75) is 68.5 Å². The van der Waals surface area contributed by atoms with E-state index in [1.165, 1.54) is 4.68 Å². The second kappa shape index (κ2) is 6.39. The highest BCUT2D eigenvalue weighted by atomic mass is 32.2. The maximum absolute atomic E-state index is 12.5. The first kappa shape index (κ1) is 17.6. The smallest absolute Gasteiger partial charge is 0.251 e. The molecule has 0 amide bonds. The van der Waals surface area contributed by atoms with Crippen LogP contribution in [0, 0.1) is 0 Å². The Balaban J connectivity index is 1.84. The third-order valence-electron chi connectivity index (χ3n) is 4.83. The van der Waals surface area contributed by atoms with Crippen molar-refractivity contribution in [1.82, 2.24) is 25.0 Å². The van der Waals surface area contributed by atoms with Gasteiger partial charge in [0.2, 0.25) is 9.84 Å². The molecule has 3 N–H and O–H groups in total. The second-order valence-corrected chi connectivity index (χ2v) is 9.00. The Labute approximate surface area is 150 Å². The molecule has 2 aromatic heterocycles. The number of anilines is 1. The zero-order valence-corrected chi connectivity index (χ0v) is 15.2. The zero-order valence-electron chi connectivity index (χ0n) is 14.4. The maximum atomic E-state index is 12.5. The summed E-state index contributed by atoms with van der Waals surface area (Å²) in [5.74, 6) is 0.305. The number of nitrogens with one attached hydrogen (secondary N) is 1. The van der Waals surface area contributed by atoms with E-state index < -0.39 is 28.1 Å². The van der Waals surface area contributed by atoms with Crippen LogP contribution in [0.25, 0.3) is 11.2 Å². The minimum absolute atomic E-state index is 0.0479. The molecule has 11 heteroatoms. The molecule has 2 heterocycles. The Morgan fingerprint density at radius 2 is 1.96 bits per heavy atom. The number of aliphatic hydroxyl groups excluding tert-OH is 2. The Bertz CT molecular complexity index is 926. The summed E-state index contributed by atoms with van der Waals surface area (Å²) in [6.45, 7) is 1.78. The van der Waals surface area contributed by atoms with Gasteiger partial charge in [-0.3, -0.25) is 0 Å². The summed E-state index contributed by atoms with van der Waals surface area (Å²) >= 11 is 0. The topological polar surface area (TPSA) is 143 Å². The van der Waals surface area contributed by atoms with Crippen LogP contribution in [-0.4, -0.2) is 67.6 Å². The quantitative estimate of drug-likeness (QED) is 0.590. The summed E-state index contributed by atoms with van der Waals surface area (Å²) in [5.41, 5.74) is 0.636. The van der Waals surface area contributed by atoms with Gasteiger partial charge < -0.3 is 15.5 Å². The van der Waals surface area contributed by atoms with Crippen molar-refractivity contribution in [3.63, 3.8) is 0 Å². The van der Waals surface area contributed by atoms with Crippen molar-refractivity contribution in [2.24, 2.45) is 0 Å². The molecule has 2 fully saturated rings. The number of hydrogen-bond acceptors (Lipinski definition) is 9. The highest BCUT2D eigenvalue weighted by Gasteiger charge is 2.37. The predicted molar refractivity (Wildman–Crippen MR) is 92.4 cm³/mol. The average Bonchev–Trinajstić information content (AvgIpc) is 3.21. The van der Waals surface area contributed by atoms with Crippen molar-refractivity contribution in [3.8, 4) is 0 Å². The van der Waals surface area contributed by atoms with Gasteiger partial charge in [0.15, 0.2) is 17.0 Å². The van der Waals surface area contributed by atoms with Crippen molar-refractivity contribution in [3.05, 3.63) is 0 Å². The van der Waals surface area contributed by atoms with Crippen LogP contribution in [0.15, 0.2) is 5.16 Å². The normalized spacial score (nSPS) is 26.5. The van der Waals surface area contributed by atoms with Crippen LogP contribution in [0.1, 0.15) is 45.1 Å². The molecule has 4 rings (SSSR count). The van der Waals surface area contributed by atoms with E-state index in [1.807, 2.05) is 0 Å². The van der Waals surface area contributed by atoms with Crippen molar-refractivity contribution in [1.29, 1.82) is 0 Å². The van der Waals surface area contributed by atoms with Gasteiger partial charge in [0.1, 0.15) is 6.10 Å². The van der Waals surface area contributed by atoms with E-state index in [9.17, 15) is 18.6 Å². The lowest BCUT2D eigenvalue weighted by Crippen LogP contribution is -2.28. The van der Waals surface area contributed by atoms with Gasteiger partial charge in [-0.05, 0) is 32.1 Å². The van der Waals surface area contributed by atoms with Gasteiger partial charge in [0.25, 0.3) is 5.16 Å². The number of sulfone groups is 1. The predicted octanol–water partition coefficient (Wildman–Crippen LogP) is 0.0360. The van der Waals surface area contributed by atoms with Crippen LogP contribution in [0.5, 0.6) is 0 Å². The first-order valence-corrected chi connectivity index (χ1v) is 10.5.